The predicted molar refractivity (Wildman–Crippen MR) is 75.6 cm³/mol. The summed E-state index contributed by atoms with van der Waals surface area (Å²) in [5, 5.41) is 0. The molecular weight excluding hydrogens is 335 g/mol. The standard InChI is InChI=1S/C14H17BrF3NO/c1-8(2)19(9(3)4)13(20)11-7-10(14(16,17)18)5-6-12(11)15/h5-9H,1-4H3. The van der Waals surface area contributed by atoms with Crippen LogP contribution in [0.1, 0.15) is 43.6 Å². The lowest BCUT2D eigenvalue weighted by Gasteiger charge is -2.31. The third-order valence-electron chi connectivity index (χ3n) is 2.87. The largest absolute Gasteiger partial charge is 0.416 e. The number of rotatable bonds is 3. The van der Waals surface area contributed by atoms with Gasteiger partial charge in [0.15, 0.2) is 0 Å². The van der Waals surface area contributed by atoms with Gasteiger partial charge in [-0.25, -0.2) is 0 Å². The number of halogens is 4. The minimum atomic E-state index is -4.46. The fourth-order valence-corrected chi connectivity index (χ4v) is 2.49. The van der Waals surface area contributed by atoms with Crippen LogP contribution in [0.3, 0.4) is 0 Å². The molecule has 112 valence electrons. The quantitative estimate of drug-likeness (QED) is 0.770. The Morgan fingerprint density at radius 2 is 1.65 bits per heavy atom. The molecule has 2 nitrogen and oxygen atoms in total. The van der Waals surface area contributed by atoms with Crippen molar-refractivity contribution in [1.29, 1.82) is 0 Å². The van der Waals surface area contributed by atoms with Crippen molar-refractivity contribution in [3.63, 3.8) is 0 Å². The number of amides is 1. The van der Waals surface area contributed by atoms with Gasteiger partial charge in [-0.1, -0.05) is 0 Å². The Morgan fingerprint density at radius 1 is 1.15 bits per heavy atom. The Bertz CT molecular complexity index is 490. The Hall–Kier alpha value is -1.04. The molecule has 1 aromatic rings. The van der Waals surface area contributed by atoms with Crippen LogP contribution in [0.4, 0.5) is 13.2 Å². The Balaban J connectivity index is 3.28. The Kier molecular flexibility index (Phi) is 5.24. The zero-order valence-electron chi connectivity index (χ0n) is 11.8. The van der Waals surface area contributed by atoms with Gasteiger partial charge in [-0.3, -0.25) is 4.79 Å². The molecule has 1 amide bonds. The fourth-order valence-electron chi connectivity index (χ4n) is 2.07. The summed E-state index contributed by atoms with van der Waals surface area (Å²) in [6.07, 6.45) is -4.46. The summed E-state index contributed by atoms with van der Waals surface area (Å²) in [6.45, 7) is 7.33. The van der Waals surface area contributed by atoms with E-state index >= 15 is 0 Å². The lowest BCUT2D eigenvalue weighted by molar-refractivity contribution is -0.137. The molecule has 1 aromatic carbocycles. The van der Waals surface area contributed by atoms with Crippen LogP contribution in [0.5, 0.6) is 0 Å². The highest BCUT2D eigenvalue weighted by Crippen LogP contribution is 2.32. The smallest absolute Gasteiger partial charge is 0.334 e. The van der Waals surface area contributed by atoms with Crippen molar-refractivity contribution in [3.8, 4) is 0 Å². The van der Waals surface area contributed by atoms with Crippen LogP contribution in [0.15, 0.2) is 22.7 Å². The molecular formula is C14H17BrF3NO. The van der Waals surface area contributed by atoms with E-state index < -0.39 is 17.6 Å². The van der Waals surface area contributed by atoms with Crippen molar-refractivity contribution in [2.45, 2.75) is 46.0 Å². The average Bonchev–Trinajstić information content (AvgIpc) is 2.26. The zero-order valence-corrected chi connectivity index (χ0v) is 13.3. The highest BCUT2D eigenvalue weighted by Gasteiger charge is 2.32. The average molecular weight is 352 g/mol. The van der Waals surface area contributed by atoms with Crippen LogP contribution in [0.2, 0.25) is 0 Å². The molecule has 0 aliphatic heterocycles. The highest BCUT2D eigenvalue weighted by atomic mass is 79.9. The fraction of sp³-hybridized carbons (Fsp3) is 0.500. The number of alkyl halides is 3. The molecule has 0 saturated carbocycles. The first-order valence-electron chi connectivity index (χ1n) is 6.25. The van der Waals surface area contributed by atoms with E-state index in [-0.39, 0.29) is 17.6 Å². The van der Waals surface area contributed by atoms with Crippen LogP contribution < -0.4 is 0 Å². The molecule has 0 heterocycles. The molecule has 0 aromatic heterocycles. The van der Waals surface area contributed by atoms with Crippen LogP contribution in [0.25, 0.3) is 0 Å². The highest BCUT2D eigenvalue weighted by molar-refractivity contribution is 9.10. The molecule has 0 bridgehead atoms. The van der Waals surface area contributed by atoms with E-state index in [1.165, 1.54) is 6.07 Å². The van der Waals surface area contributed by atoms with Gasteiger partial charge in [-0.15, -0.1) is 0 Å². The van der Waals surface area contributed by atoms with Crippen molar-refractivity contribution < 1.29 is 18.0 Å². The van der Waals surface area contributed by atoms with E-state index in [1.54, 1.807) is 4.90 Å². The minimum absolute atomic E-state index is 0.0298. The first-order valence-corrected chi connectivity index (χ1v) is 7.04. The summed E-state index contributed by atoms with van der Waals surface area (Å²) in [6, 6.07) is 2.92. The summed E-state index contributed by atoms with van der Waals surface area (Å²) >= 11 is 3.15. The molecule has 0 N–H and O–H groups in total. The van der Waals surface area contributed by atoms with Gasteiger partial charge in [0.25, 0.3) is 5.91 Å². The normalized spacial score (nSPS) is 12.1. The van der Waals surface area contributed by atoms with E-state index in [0.717, 1.165) is 12.1 Å². The van der Waals surface area contributed by atoms with Gasteiger partial charge in [0.05, 0.1) is 11.1 Å². The van der Waals surface area contributed by atoms with Crippen molar-refractivity contribution in [2.75, 3.05) is 0 Å². The van der Waals surface area contributed by atoms with Gasteiger partial charge in [0.2, 0.25) is 0 Å². The van der Waals surface area contributed by atoms with Crippen LogP contribution in [-0.4, -0.2) is 22.9 Å². The maximum absolute atomic E-state index is 12.7. The maximum Gasteiger partial charge on any atom is 0.416 e. The number of hydrogen-bond acceptors (Lipinski definition) is 1. The molecule has 0 aliphatic carbocycles. The maximum atomic E-state index is 12.7. The topological polar surface area (TPSA) is 20.3 Å². The summed E-state index contributed by atoms with van der Waals surface area (Å²) in [5.74, 6) is -0.409. The number of nitrogens with zero attached hydrogens (tertiary/aromatic N) is 1. The van der Waals surface area contributed by atoms with E-state index in [2.05, 4.69) is 15.9 Å². The summed E-state index contributed by atoms with van der Waals surface area (Å²) in [5.41, 5.74) is -0.793. The molecule has 0 atom stereocenters. The van der Waals surface area contributed by atoms with Crippen LogP contribution in [0, 0.1) is 0 Å². The lowest BCUT2D eigenvalue weighted by atomic mass is 10.1. The predicted octanol–water partition coefficient (Wildman–Crippen LogP) is 4.73. The third-order valence-corrected chi connectivity index (χ3v) is 3.56. The van der Waals surface area contributed by atoms with E-state index in [1.807, 2.05) is 27.7 Å². The van der Waals surface area contributed by atoms with Gasteiger partial charge in [0.1, 0.15) is 0 Å². The SMILES string of the molecule is CC(C)N(C(=O)c1cc(C(F)(F)F)ccc1Br)C(C)C. The van der Waals surface area contributed by atoms with Gasteiger partial charge in [-0.05, 0) is 61.8 Å². The zero-order chi connectivity index (χ0) is 15.7. The molecule has 0 radical (unpaired) electrons. The summed E-state index contributed by atoms with van der Waals surface area (Å²) in [4.78, 5) is 14.0. The molecule has 1 rings (SSSR count). The van der Waals surface area contributed by atoms with E-state index in [9.17, 15) is 18.0 Å². The summed E-state index contributed by atoms with van der Waals surface area (Å²) < 4.78 is 38.6. The summed E-state index contributed by atoms with van der Waals surface area (Å²) in [7, 11) is 0. The second-order valence-corrected chi connectivity index (χ2v) is 5.95. The first kappa shape index (κ1) is 17.0. The van der Waals surface area contributed by atoms with Crippen molar-refractivity contribution >= 4 is 21.8 Å². The third kappa shape index (κ3) is 3.75. The van der Waals surface area contributed by atoms with Crippen molar-refractivity contribution in [2.24, 2.45) is 0 Å². The number of carbonyl (C=O) groups is 1. The Morgan fingerprint density at radius 3 is 2.05 bits per heavy atom. The van der Waals surface area contributed by atoms with Crippen molar-refractivity contribution in [1.82, 2.24) is 4.90 Å². The monoisotopic (exact) mass is 351 g/mol. The van der Waals surface area contributed by atoms with Gasteiger partial charge >= 0.3 is 6.18 Å². The van der Waals surface area contributed by atoms with E-state index in [4.69, 9.17) is 0 Å². The molecule has 0 fully saturated rings. The molecule has 0 spiro atoms. The number of benzene rings is 1. The Labute approximate surface area is 125 Å². The van der Waals surface area contributed by atoms with Gasteiger partial charge in [0, 0.05) is 16.6 Å². The van der Waals surface area contributed by atoms with Crippen LogP contribution >= 0.6 is 15.9 Å². The van der Waals surface area contributed by atoms with Crippen LogP contribution in [-0.2, 0) is 6.18 Å². The molecule has 20 heavy (non-hydrogen) atoms. The second-order valence-electron chi connectivity index (χ2n) is 5.09. The van der Waals surface area contributed by atoms with Crippen molar-refractivity contribution in [3.05, 3.63) is 33.8 Å². The van der Waals surface area contributed by atoms with E-state index in [0.29, 0.717) is 4.47 Å². The number of hydrogen-bond donors (Lipinski definition) is 0. The molecule has 0 saturated heterocycles. The molecule has 0 aliphatic rings. The molecule has 0 unspecified atom stereocenters. The van der Waals surface area contributed by atoms with Gasteiger partial charge in [-0.2, -0.15) is 13.2 Å². The minimum Gasteiger partial charge on any atom is -0.334 e. The lowest BCUT2D eigenvalue weighted by Crippen LogP contribution is -2.42. The number of carbonyl (C=O) groups excluding carboxylic acids is 1. The second kappa shape index (κ2) is 6.16. The first-order chi connectivity index (χ1) is 9.05. The van der Waals surface area contributed by atoms with Gasteiger partial charge < -0.3 is 4.90 Å². The molecule has 6 heteroatoms.